The molecule has 0 fully saturated rings. The third-order valence-electron chi connectivity index (χ3n) is 0.994. The van der Waals surface area contributed by atoms with Crippen LogP contribution in [-0.4, -0.2) is 51.1 Å². The van der Waals surface area contributed by atoms with Crippen molar-refractivity contribution in [3.05, 3.63) is 60.8 Å². The summed E-state index contributed by atoms with van der Waals surface area (Å²) in [5, 5.41) is 0. The zero-order chi connectivity index (χ0) is 14.7. The summed E-state index contributed by atoms with van der Waals surface area (Å²) in [7, 11) is 8.35. The van der Waals surface area contributed by atoms with Gasteiger partial charge >= 0.3 is 0 Å². The molecular formula is C15H31LaN2. The molecule has 0 saturated heterocycles. The van der Waals surface area contributed by atoms with Crippen LogP contribution in [0.3, 0.4) is 0 Å². The smallest absolute Gasteiger partial charge is 0.0103 e. The Hall–Kier alpha value is 1.11. The fraction of sp³-hybridized carbons (Fsp3) is 0.400. The topological polar surface area (TPSA) is 6.48 Å². The summed E-state index contributed by atoms with van der Waals surface area (Å²) in [5.74, 6) is 0. The fourth-order valence-electron chi connectivity index (χ4n) is 0.400. The van der Waals surface area contributed by atoms with Crippen molar-refractivity contribution in [3.63, 3.8) is 0 Å². The fourth-order valence-corrected chi connectivity index (χ4v) is 0.400. The minimum absolute atomic E-state index is 0. The maximum atomic E-state index is 3.25. The second-order valence-electron chi connectivity index (χ2n) is 3.47. The maximum absolute atomic E-state index is 3.25. The summed E-state index contributed by atoms with van der Waals surface area (Å²) in [6, 6.07) is 0. The first-order valence-electron chi connectivity index (χ1n) is 5.37. The van der Waals surface area contributed by atoms with Gasteiger partial charge in [-0.3, -0.25) is 0 Å². The number of rotatable bonds is 3. The van der Waals surface area contributed by atoms with E-state index in [0.29, 0.717) is 0 Å². The Kier molecular flexibility index (Phi) is 63.2. The van der Waals surface area contributed by atoms with E-state index in [0.717, 1.165) is 13.1 Å². The van der Waals surface area contributed by atoms with Crippen molar-refractivity contribution >= 4 is 0 Å². The van der Waals surface area contributed by atoms with E-state index >= 15 is 0 Å². The molecule has 0 saturated carbocycles. The summed E-state index contributed by atoms with van der Waals surface area (Å²) in [6.45, 7) is 21.8. The van der Waals surface area contributed by atoms with Crippen LogP contribution < -0.4 is 0 Å². The molecule has 0 amide bonds. The maximum Gasteiger partial charge on any atom is 0.0103 e. The van der Waals surface area contributed by atoms with Crippen molar-refractivity contribution in [3.8, 4) is 0 Å². The summed E-state index contributed by atoms with van der Waals surface area (Å²) in [4.78, 5) is 4.36. The standard InChI is InChI=1S/C6H16N2.3C3H5.La/c1-7(2)5-6-8(3)4;3*1-3-2;/h5-6H2,1-4H3;3*3H,1-2H2;. The average molecular weight is 378 g/mol. The Morgan fingerprint density at radius 2 is 0.722 bits per heavy atom. The van der Waals surface area contributed by atoms with E-state index < -0.39 is 0 Å². The quantitative estimate of drug-likeness (QED) is 0.745. The molecule has 0 bridgehead atoms. The van der Waals surface area contributed by atoms with Gasteiger partial charge in [0.05, 0.1) is 0 Å². The Bertz CT molecular complexity index is 73.8. The van der Waals surface area contributed by atoms with Gasteiger partial charge in [-0.2, -0.15) is 0 Å². The molecule has 0 aliphatic carbocycles. The van der Waals surface area contributed by atoms with Gasteiger partial charge in [-0.15, -0.1) is 0 Å². The first kappa shape index (κ1) is 31.5. The summed E-state index contributed by atoms with van der Waals surface area (Å²) >= 11 is 0. The molecule has 0 spiro atoms. The van der Waals surface area contributed by atoms with Gasteiger partial charge in [-0.25, -0.2) is 0 Å². The van der Waals surface area contributed by atoms with E-state index in [1.54, 1.807) is 0 Å². The first-order chi connectivity index (χ1) is 7.87. The van der Waals surface area contributed by atoms with Crippen LogP contribution >= 0.6 is 0 Å². The van der Waals surface area contributed by atoms with E-state index in [1.165, 1.54) is 19.3 Å². The van der Waals surface area contributed by atoms with Gasteiger partial charge in [0.2, 0.25) is 0 Å². The molecular weight excluding hydrogens is 347 g/mol. The second kappa shape index (κ2) is 36.2. The molecule has 104 valence electrons. The zero-order valence-electron chi connectivity index (χ0n) is 12.9. The second-order valence-corrected chi connectivity index (χ2v) is 3.47. The minimum atomic E-state index is 0. The summed E-state index contributed by atoms with van der Waals surface area (Å²) in [6.07, 6.45) is 4.50. The number of likely N-dealkylation sites (N-methyl/N-ethyl adjacent to an activating group) is 2. The van der Waals surface area contributed by atoms with Crippen LogP contribution in [0, 0.1) is 96.4 Å². The van der Waals surface area contributed by atoms with Crippen LogP contribution in [-0.2, 0) is 0 Å². The van der Waals surface area contributed by atoms with Gasteiger partial charge in [0.15, 0.2) is 0 Å². The van der Waals surface area contributed by atoms with Gasteiger partial charge in [0.25, 0.3) is 0 Å². The van der Waals surface area contributed by atoms with Crippen molar-refractivity contribution < 1.29 is 35.6 Å². The Morgan fingerprint density at radius 1 is 0.611 bits per heavy atom. The molecule has 0 heterocycles. The van der Waals surface area contributed by atoms with Crippen LogP contribution in [0.1, 0.15) is 0 Å². The molecule has 0 aromatic rings. The average Bonchev–Trinajstić information content (AvgIpc) is 2.18. The Balaban J connectivity index is -0.0000000477. The molecule has 0 aromatic heterocycles. The van der Waals surface area contributed by atoms with Crippen LogP contribution in [0.25, 0.3) is 0 Å². The van der Waals surface area contributed by atoms with E-state index in [4.69, 9.17) is 0 Å². The van der Waals surface area contributed by atoms with Crippen LogP contribution in [0.4, 0.5) is 0 Å². The van der Waals surface area contributed by atoms with Gasteiger partial charge in [0.1, 0.15) is 0 Å². The largest absolute Gasteiger partial charge is 0.308 e. The molecule has 0 aliphatic heterocycles. The van der Waals surface area contributed by atoms with Crippen LogP contribution in [0.2, 0.25) is 0 Å². The SMILES string of the molecule is CN(C)CCN(C)C.[CH2][CH][CH2].[CH2][CH][CH2].[CH2][CH][CH2].[La]. The molecule has 0 aromatic carbocycles. The first-order valence-corrected chi connectivity index (χ1v) is 5.37. The van der Waals surface area contributed by atoms with Gasteiger partial charge < -0.3 is 9.80 Å². The van der Waals surface area contributed by atoms with Crippen molar-refractivity contribution in [2.45, 2.75) is 0 Å². The van der Waals surface area contributed by atoms with Crippen LogP contribution in [0.15, 0.2) is 0 Å². The molecule has 0 unspecified atom stereocenters. The predicted molar refractivity (Wildman–Crippen MR) is 82.2 cm³/mol. The third-order valence-corrected chi connectivity index (χ3v) is 0.994. The van der Waals surface area contributed by atoms with Crippen molar-refractivity contribution in [1.82, 2.24) is 9.80 Å². The predicted octanol–water partition coefficient (Wildman–Crippen LogP) is 2.69. The molecule has 0 aliphatic rings. The zero-order valence-corrected chi connectivity index (χ0v) is 16.5. The molecule has 18 heavy (non-hydrogen) atoms. The minimum Gasteiger partial charge on any atom is -0.308 e. The normalized spacial score (nSPS) is 8.00. The Morgan fingerprint density at radius 3 is 0.778 bits per heavy atom. The monoisotopic (exact) mass is 378 g/mol. The molecule has 2 nitrogen and oxygen atoms in total. The van der Waals surface area contributed by atoms with E-state index in [1.807, 2.05) is 0 Å². The van der Waals surface area contributed by atoms with Crippen molar-refractivity contribution in [1.29, 1.82) is 0 Å². The molecule has 0 atom stereocenters. The van der Waals surface area contributed by atoms with E-state index in [2.05, 4.69) is 79.5 Å². The Labute approximate surface area is 146 Å². The summed E-state index contributed by atoms with van der Waals surface area (Å²) in [5.41, 5.74) is 0. The molecule has 3 heteroatoms. The number of nitrogens with zero attached hydrogens (tertiary/aromatic N) is 2. The number of hydrogen-bond donors (Lipinski definition) is 0. The van der Waals surface area contributed by atoms with Gasteiger partial charge in [-0.05, 0) is 89.0 Å². The summed E-state index contributed by atoms with van der Waals surface area (Å²) < 4.78 is 0. The molecule has 10 radical (unpaired) electrons. The van der Waals surface area contributed by atoms with Crippen molar-refractivity contribution in [2.24, 2.45) is 0 Å². The molecule has 0 N–H and O–H groups in total. The van der Waals surface area contributed by atoms with Crippen LogP contribution in [0.5, 0.6) is 0 Å². The molecule has 0 rings (SSSR count). The third kappa shape index (κ3) is 119. The van der Waals surface area contributed by atoms with Crippen molar-refractivity contribution in [2.75, 3.05) is 41.3 Å². The van der Waals surface area contributed by atoms with E-state index in [9.17, 15) is 0 Å². The van der Waals surface area contributed by atoms with E-state index in [-0.39, 0.29) is 35.6 Å². The number of hydrogen-bond acceptors (Lipinski definition) is 2. The van der Waals surface area contributed by atoms with Gasteiger partial charge in [-0.1, -0.05) is 0 Å². The van der Waals surface area contributed by atoms with Gasteiger partial charge in [0, 0.05) is 48.7 Å².